The quantitative estimate of drug-likeness (QED) is 0.745. The summed E-state index contributed by atoms with van der Waals surface area (Å²) in [7, 11) is 2.01. The molecule has 2 nitrogen and oxygen atoms in total. The van der Waals surface area contributed by atoms with Crippen LogP contribution in [0.25, 0.3) is 11.4 Å². The third-order valence-electron chi connectivity index (χ3n) is 1.99. The van der Waals surface area contributed by atoms with E-state index in [2.05, 4.69) is 25.5 Å². The van der Waals surface area contributed by atoms with Gasteiger partial charge in [-0.1, -0.05) is 6.07 Å². The van der Waals surface area contributed by atoms with E-state index >= 15 is 0 Å². The van der Waals surface area contributed by atoms with Crippen molar-refractivity contribution in [3.05, 3.63) is 41.1 Å². The molecule has 0 saturated carbocycles. The number of hydrogen-bond donors (Lipinski definition) is 0. The minimum Gasteiger partial charge on any atom is -0.337 e. The minimum atomic E-state index is 0.996. The Balaban J connectivity index is 2.53. The second kappa shape index (κ2) is 3.34. The third kappa shape index (κ3) is 1.52. The summed E-state index contributed by atoms with van der Waals surface area (Å²) < 4.78 is 3.12. The van der Waals surface area contributed by atoms with Crippen molar-refractivity contribution in [2.45, 2.75) is 0 Å². The molecule has 0 bridgehead atoms. The van der Waals surface area contributed by atoms with Crippen LogP contribution in [0.4, 0.5) is 0 Å². The van der Waals surface area contributed by atoms with Crippen molar-refractivity contribution >= 4 is 15.9 Å². The first-order chi connectivity index (χ1) is 6.29. The van der Waals surface area contributed by atoms with Gasteiger partial charge in [0.2, 0.25) is 0 Å². The van der Waals surface area contributed by atoms with E-state index in [-0.39, 0.29) is 0 Å². The van der Waals surface area contributed by atoms with E-state index in [0.29, 0.717) is 0 Å². The van der Waals surface area contributed by atoms with Crippen molar-refractivity contribution in [2.75, 3.05) is 0 Å². The molecule has 0 atom stereocenters. The lowest BCUT2D eigenvalue weighted by molar-refractivity contribution is 0.905. The Morgan fingerprint density at radius 3 is 2.62 bits per heavy atom. The maximum Gasteiger partial charge on any atom is 0.0866 e. The first-order valence-electron chi connectivity index (χ1n) is 4.01. The Kier molecular flexibility index (Phi) is 2.19. The molecule has 66 valence electrons. The standard InChI is InChI=1S/C10H9BrN2/c1-13-9(5-6-10(13)11)8-4-2-3-7-12-8/h2-7H,1H3. The van der Waals surface area contributed by atoms with Gasteiger partial charge in [0.15, 0.2) is 0 Å². The molecule has 2 heterocycles. The highest BCUT2D eigenvalue weighted by atomic mass is 79.9. The summed E-state index contributed by atoms with van der Waals surface area (Å²) in [4.78, 5) is 4.28. The van der Waals surface area contributed by atoms with E-state index in [1.165, 1.54) is 0 Å². The fourth-order valence-electron chi connectivity index (χ4n) is 1.26. The molecule has 13 heavy (non-hydrogen) atoms. The molecule has 0 radical (unpaired) electrons. The molecule has 3 heteroatoms. The Hall–Kier alpha value is -1.09. The Labute approximate surface area is 85.4 Å². The van der Waals surface area contributed by atoms with E-state index in [0.717, 1.165) is 16.0 Å². The normalized spacial score (nSPS) is 10.3. The third-order valence-corrected chi connectivity index (χ3v) is 2.78. The Bertz CT molecular complexity index is 406. The van der Waals surface area contributed by atoms with Gasteiger partial charge in [-0.25, -0.2) is 0 Å². The van der Waals surface area contributed by atoms with Gasteiger partial charge in [0.25, 0.3) is 0 Å². The fourth-order valence-corrected chi connectivity index (χ4v) is 1.58. The van der Waals surface area contributed by atoms with Gasteiger partial charge in [-0.2, -0.15) is 0 Å². The molecule has 0 amide bonds. The first-order valence-corrected chi connectivity index (χ1v) is 4.81. The van der Waals surface area contributed by atoms with Crippen LogP contribution >= 0.6 is 15.9 Å². The topological polar surface area (TPSA) is 17.8 Å². The second-order valence-corrected chi connectivity index (χ2v) is 3.63. The lowest BCUT2D eigenvalue weighted by Gasteiger charge is -2.02. The van der Waals surface area contributed by atoms with Crippen LogP contribution in [0.5, 0.6) is 0 Å². The molecule has 0 saturated heterocycles. The summed E-state index contributed by atoms with van der Waals surface area (Å²) in [5.41, 5.74) is 2.11. The lowest BCUT2D eigenvalue weighted by atomic mass is 10.3. The molecule has 0 N–H and O–H groups in total. The van der Waals surface area contributed by atoms with Gasteiger partial charge in [-0.15, -0.1) is 0 Å². The summed E-state index contributed by atoms with van der Waals surface area (Å²) in [5.74, 6) is 0. The SMILES string of the molecule is Cn1c(Br)ccc1-c1ccccn1. The number of nitrogens with zero attached hydrogens (tertiary/aromatic N) is 2. The van der Waals surface area contributed by atoms with E-state index in [1.54, 1.807) is 6.20 Å². The zero-order valence-electron chi connectivity index (χ0n) is 7.24. The zero-order chi connectivity index (χ0) is 9.26. The maximum atomic E-state index is 4.28. The van der Waals surface area contributed by atoms with E-state index in [9.17, 15) is 0 Å². The molecule has 0 aliphatic carbocycles. The van der Waals surface area contributed by atoms with Crippen molar-refractivity contribution < 1.29 is 0 Å². The highest BCUT2D eigenvalue weighted by Gasteiger charge is 2.04. The highest BCUT2D eigenvalue weighted by Crippen LogP contribution is 2.21. The monoisotopic (exact) mass is 236 g/mol. The molecular weight excluding hydrogens is 228 g/mol. The predicted molar refractivity (Wildman–Crippen MR) is 56.3 cm³/mol. The van der Waals surface area contributed by atoms with Gasteiger partial charge in [-0.3, -0.25) is 4.98 Å². The molecule has 2 aromatic rings. The number of aromatic nitrogens is 2. The number of halogens is 1. The van der Waals surface area contributed by atoms with E-state index in [1.807, 2.05) is 37.4 Å². The van der Waals surface area contributed by atoms with Gasteiger partial charge >= 0.3 is 0 Å². The van der Waals surface area contributed by atoms with Crippen LogP contribution in [0.1, 0.15) is 0 Å². The molecular formula is C10H9BrN2. The molecule has 0 aliphatic rings. The van der Waals surface area contributed by atoms with Gasteiger partial charge in [0.05, 0.1) is 16.0 Å². The lowest BCUT2D eigenvalue weighted by Crippen LogP contribution is -1.92. The van der Waals surface area contributed by atoms with Crippen molar-refractivity contribution in [3.63, 3.8) is 0 Å². The zero-order valence-corrected chi connectivity index (χ0v) is 8.82. The van der Waals surface area contributed by atoms with Crippen LogP contribution in [-0.4, -0.2) is 9.55 Å². The summed E-state index contributed by atoms with van der Waals surface area (Å²) in [6, 6.07) is 9.98. The van der Waals surface area contributed by atoms with Crippen LogP contribution in [0.15, 0.2) is 41.1 Å². The average Bonchev–Trinajstić information content (AvgIpc) is 2.49. The number of rotatable bonds is 1. The van der Waals surface area contributed by atoms with Gasteiger partial charge < -0.3 is 4.57 Å². The van der Waals surface area contributed by atoms with Gasteiger partial charge in [0.1, 0.15) is 0 Å². The Morgan fingerprint density at radius 1 is 1.23 bits per heavy atom. The van der Waals surface area contributed by atoms with Crippen LogP contribution in [0.2, 0.25) is 0 Å². The van der Waals surface area contributed by atoms with Crippen LogP contribution in [0.3, 0.4) is 0 Å². The minimum absolute atomic E-state index is 0.996. The summed E-state index contributed by atoms with van der Waals surface area (Å²) in [6.45, 7) is 0. The Morgan fingerprint density at radius 2 is 2.08 bits per heavy atom. The maximum absolute atomic E-state index is 4.28. The summed E-state index contributed by atoms with van der Waals surface area (Å²) in [5, 5.41) is 0. The fraction of sp³-hybridized carbons (Fsp3) is 0.100. The molecule has 0 aromatic carbocycles. The molecule has 0 spiro atoms. The largest absolute Gasteiger partial charge is 0.337 e. The summed E-state index contributed by atoms with van der Waals surface area (Å²) >= 11 is 3.45. The average molecular weight is 237 g/mol. The molecule has 0 unspecified atom stereocenters. The highest BCUT2D eigenvalue weighted by molar-refractivity contribution is 9.10. The van der Waals surface area contributed by atoms with E-state index in [4.69, 9.17) is 0 Å². The molecule has 2 rings (SSSR count). The van der Waals surface area contributed by atoms with E-state index < -0.39 is 0 Å². The molecule has 0 fully saturated rings. The number of pyridine rings is 1. The predicted octanol–water partition coefficient (Wildman–Crippen LogP) is 2.85. The summed E-state index contributed by atoms with van der Waals surface area (Å²) in [6.07, 6.45) is 1.80. The van der Waals surface area contributed by atoms with Crippen LogP contribution < -0.4 is 0 Å². The second-order valence-electron chi connectivity index (χ2n) is 2.82. The van der Waals surface area contributed by atoms with Crippen molar-refractivity contribution in [1.29, 1.82) is 0 Å². The number of hydrogen-bond acceptors (Lipinski definition) is 1. The molecule has 2 aromatic heterocycles. The first kappa shape index (κ1) is 8.51. The van der Waals surface area contributed by atoms with Crippen molar-refractivity contribution in [2.24, 2.45) is 7.05 Å². The van der Waals surface area contributed by atoms with Crippen LogP contribution in [-0.2, 0) is 7.05 Å². The van der Waals surface area contributed by atoms with Gasteiger partial charge in [0, 0.05) is 13.2 Å². The van der Waals surface area contributed by atoms with Crippen molar-refractivity contribution in [3.8, 4) is 11.4 Å². The van der Waals surface area contributed by atoms with Crippen molar-refractivity contribution in [1.82, 2.24) is 9.55 Å². The smallest absolute Gasteiger partial charge is 0.0866 e. The van der Waals surface area contributed by atoms with Crippen LogP contribution in [0, 0.1) is 0 Å². The van der Waals surface area contributed by atoms with Gasteiger partial charge in [-0.05, 0) is 40.2 Å². The molecule has 0 aliphatic heterocycles.